The van der Waals surface area contributed by atoms with E-state index in [9.17, 15) is 8.78 Å². The summed E-state index contributed by atoms with van der Waals surface area (Å²) in [5.41, 5.74) is -0.204. The molecular weight excluding hydrogens is 476 g/mol. The number of hydrogen-bond donors (Lipinski definition) is 0. The Kier molecular flexibility index (Phi) is 9.72. The second-order valence-corrected chi connectivity index (χ2v) is 11.0. The van der Waals surface area contributed by atoms with Gasteiger partial charge in [-0.1, -0.05) is 44.1 Å². The van der Waals surface area contributed by atoms with Gasteiger partial charge < -0.3 is 4.74 Å². The van der Waals surface area contributed by atoms with Gasteiger partial charge in [0.15, 0.2) is 23.2 Å². The Labute approximate surface area is 219 Å². The topological polar surface area (TPSA) is 9.23 Å². The summed E-state index contributed by atoms with van der Waals surface area (Å²) in [4.78, 5) is 0. The molecule has 2 aromatic rings. The van der Waals surface area contributed by atoms with E-state index < -0.39 is 23.3 Å². The van der Waals surface area contributed by atoms with Gasteiger partial charge in [0.05, 0.1) is 6.61 Å². The van der Waals surface area contributed by atoms with Gasteiger partial charge in [0.25, 0.3) is 0 Å². The highest BCUT2D eigenvalue weighted by molar-refractivity contribution is 5.66. The zero-order valence-electron chi connectivity index (χ0n) is 22.2. The number of rotatable bonds is 9. The van der Waals surface area contributed by atoms with Crippen LogP contribution in [-0.4, -0.2) is 6.61 Å². The molecule has 202 valence electrons. The average molecular weight is 517 g/mol. The van der Waals surface area contributed by atoms with Crippen LogP contribution in [0.1, 0.15) is 96.0 Å². The summed E-state index contributed by atoms with van der Waals surface area (Å²) in [6.45, 7) is 4.17. The molecule has 4 rings (SSSR count). The third-order valence-corrected chi connectivity index (χ3v) is 8.66. The van der Waals surface area contributed by atoms with Gasteiger partial charge in [0.1, 0.15) is 0 Å². The van der Waals surface area contributed by atoms with Crippen LogP contribution in [0.3, 0.4) is 0 Å². The molecule has 0 atom stereocenters. The lowest BCUT2D eigenvalue weighted by atomic mass is 9.68. The monoisotopic (exact) mass is 516 g/mol. The first-order chi connectivity index (χ1) is 17.9. The molecule has 0 aliphatic heterocycles. The fourth-order valence-corrected chi connectivity index (χ4v) is 6.50. The van der Waals surface area contributed by atoms with E-state index in [1.54, 1.807) is 6.07 Å². The Morgan fingerprint density at radius 1 is 0.757 bits per heavy atom. The highest BCUT2D eigenvalue weighted by Crippen LogP contribution is 2.45. The van der Waals surface area contributed by atoms with Crippen molar-refractivity contribution < 1.29 is 22.3 Å². The van der Waals surface area contributed by atoms with Crippen LogP contribution in [0.5, 0.6) is 5.75 Å². The van der Waals surface area contributed by atoms with Crippen molar-refractivity contribution in [2.75, 3.05) is 6.61 Å². The SMILES string of the molecule is CC=CCCC1CCC(C2CCC(c3ccc(-c4ccc(OCCC)c(F)c4F)c(F)c3F)CC2)CC1. The van der Waals surface area contributed by atoms with Gasteiger partial charge >= 0.3 is 0 Å². The van der Waals surface area contributed by atoms with Crippen LogP contribution in [0.4, 0.5) is 17.6 Å². The summed E-state index contributed by atoms with van der Waals surface area (Å²) in [5.74, 6) is -2.45. The van der Waals surface area contributed by atoms with E-state index in [1.807, 2.05) is 6.92 Å². The molecule has 0 amide bonds. The summed E-state index contributed by atoms with van der Waals surface area (Å²) in [5, 5.41) is 0. The summed E-state index contributed by atoms with van der Waals surface area (Å²) < 4.78 is 64.7. The maximum atomic E-state index is 15.2. The van der Waals surface area contributed by atoms with Crippen molar-refractivity contribution in [2.45, 2.75) is 90.4 Å². The predicted molar refractivity (Wildman–Crippen MR) is 142 cm³/mol. The zero-order valence-corrected chi connectivity index (χ0v) is 22.2. The average Bonchev–Trinajstić information content (AvgIpc) is 2.92. The number of hydrogen-bond acceptors (Lipinski definition) is 1. The maximum absolute atomic E-state index is 15.2. The molecular formula is C32H40F4O. The van der Waals surface area contributed by atoms with Gasteiger partial charge in [-0.2, -0.15) is 4.39 Å². The molecule has 0 spiro atoms. The summed E-state index contributed by atoms with van der Waals surface area (Å²) in [7, 11) is 0. The van der Waals surface area contributed by atoms with E-state index in [0.717, 1.165) is 37.5 Å². The summed E-state index contributed by atoms with van der Waals surface area (Å²) >= 11 is 0. The Morgan fingerprint density at radius 3 is 1.97 bits per heavy atom. The normalized spacial score (nSPS) is 24.5. The van der Waals surface area contributed by atoms with Crippen molar-refractivity contribution in [3.8, 4) is 16.9 Å². The van der Waals surface area contributed by atoms with Crippen molar-refractivity contribution in [2.24, 2.45) is 17.8 Å². The van der Waals surface area contributed by atoms with Crippen molar-refractivity contribution in [1.29, 1.82) is 0 Å². The molecule has 0 bridgehead atoms. The van der Waals surface area contributed by atoms with Crippen molar-refractivity contribution in [3.63, 3.8) is 0 Å². The first-order valence-electron chi connectivity index (χ1n) is 14.1. The number of ether oxygens (including phenoxy) is 1. The molecule has 2 aliphatic rings. The number of allylic oxidation sites excluding steroid dienone is 2. The minimum absolute atomic E-state index is 0.0385. The summed E-state index contributed by atoms with van der Waals surface area (Å²) in [6.07, 6.45) is 16.5. The summed E-state index contributed by atoms with van der Waals surface area (Å²) in [6, 6.07) is 5.47. The minimum atomic E-state index is -1.23. The first kappa shape index (κ1) is 27.7. The van der Waals surface area contributed by atoms with E-state index in [4.69, 9.17) is 4.74 Å². The quantitative estimate of drug-likeness (QED) is 0.238. The number of halogens is 4. The molecule has 2 fully saturated rings. The van der Waals surface area contributed by atoms with E-state index in [-0.39, 0.29) is 29.4 Å². The standard InChI is InChI=1S/C32H40F4O/c1-3-5-6-7-21-8-10-22(11-9-21)23-12-14-24(15-13-23)25-16-17-26(30(34)29(25)33)27-18-19-28(37-20-4-2)32(36)31(27)35/h3,5,16-19,21-24H,4,6-15,20H2,1-2H3. The fourth-order valence-electron chi connectivity index (χ4n) is 6.50. The van der Waals surface area contributed by atoms with E-state index >= 15 is 8.78 Å². The van der Waals surface area contributed by atoms with Crippen molar-refractivity contribution >= 4 is 0 Å². The molecule has 0 unspecified atom stereocenters. The Hall–Kier alpha value is -2.30. The smallest absolute Gasteiger partial charge is 0.201 e. The van der Waals surface area contributed by atoms with Gasteiger partial charge in [-0.05, 0) is 106 Å². The van der Waals surface area contributed by atoms with Crippen molar-refractivity contribution in [1.82, 2.24) is 0 Å². The third-order valence-electron chi connectivity index (χ3n) is 8.66. The van der Waals surface area contributed by atoms with E-state index in [0.29, 0.717) is 17.9 Å². The predicted octanol–water partition coefficient (Wildman–Crippen LogP) is 10.1. The molecule has 0 N–H and O–H groups in total. The van der Waals surface area contributed by atoms with Gasteiger partial charge in [0, 0.05) is 11.1 Å². The van der Waals surface area contributed by atoms with Gasteiger partial charge in [-0.3, -0.25) is 0 Å². The Morgan fingerprint density at radius 2 is 1.35 bits per heavy atom. The highest BCUT2D eigenvalue weighted by Gasteiger charge is 2.33. The molecule has 2 aromatic carbocycles. The largest absolute Gasteiger partial charge is 0.490 e. The lowest BCUT2D eigenvalue weighted by Gasteiger charge is -2.38. The van der Waals surface area contributed by atoms with Crippen LogP contribution >= 0.6 is 0 Å². The minimum Gasteiger partial charge on any atom is -0.490 e. The molecule has 0 radical (unpaired) electrons. The molecule has 37 heavy (non-hydrogen) atoms. The van der Waals surface area contributed by atoms with E-state index in [2.05, 4.69) is 19.1 Å². The van der Waals surface area contributed by atoms with Crippen molar-refractivity contribution in [3.05, 3.63) is 65.2 Å². The second kappa shape index (κ2) is 13.0. The second-order valence-electron chi connectivity index (χ2n) is 11.0. The van der Waals surface area contributed by atoms with Crippen LogP contribution < -0.4 is 4.74 Å². The fraction of sp³-hybridized carbons (Fsp3) is 0.562. The first-order valence-corrected chi connectivity index (χ1v) is 14.1. The van der Waals surface area contributed by atoms with Gasteiger partial charge in [-0.25, -0.2) is 13.2 Å². The van der Waals surface area contributed by atoms with Crippen LogP contribution in [-0.2, 0) is 0 Å². The van der Waals surface area contributed by atoms with Crippen LogP contribution in [0, 0.1) is 41.0 Å². The van der Waals surface area contributed by atoms with E-state index in [1.165, 1.54) is 56.7 Å². The third kappa shape index (κ3) is 6.41. The van der Waals surface area contributed by atoms with Gasteiger partial charge in [-0.15, -0.1) is 0 Å². The Balaban J connectivity index is 1.38. The Bertz CT molecular complexity index is 1060. The number of benzene rings is 2. The highest BCUT2D eigenvalue weighted by atomic mass is 19.2. The zero-order chi connectivity index (χ0) is 26.4. The molecule has 0 saturated heterocycles. The molecule has 2 aliphatic carbocycles. The molecule has 5 heteroatoms. The maximum Gasteiger partial charge on any atom is 0.201 e. The van der Waals surface area contributed by atoms with Crippen LogP contribution in [0.25, 0.3) is 11.1 Å². The molecule has 0 heterocycles. The van der Waals surface area contributed by atoms with Gasteiger partial charge in [0.2, 0.25) is 5.82 Å². The van der Waals surface area contributed by atoms with Crippen LogP contribution in [0.2, 0.25) is 0 Å². The lowest BCUT2D eigenvalue weighted by Crippen LogP contribution is -2.25. The molecule has 1 nitrogen and oxygen atoms in total. The molecule has 0 aromatic heterocycles. The lowest BCUT2D eigenvalue weighted by molar-refractivity contribution is 0.156. The molecule has 2 saturated carbocycles. The van der Waals surface area contributed by atoms with Crippen LogP contribution in [0.15, 0.2) is 36.4 Å².